The monoisotopic (exact) mass is 414 g/mol. The lowest BCUT2D eigenvalue weighted by atomic mass is 10.1. The van der Waals surface area contributed by atoms with Crippen LogP contribution < -0.4 is 0 Å². The minimum Gasteiger partial charge on any atom is -0.443 e. The van der Waals surface area contributed by atoms with E-state index in [0.29, 0.717) is 18.8 Å². The van der Waals surface area contributed by atoms with Crippen molar-refractivity contribution in [1.82, 2.24) is 10.0 Å². The zero-order valence-corrected chi connectivity index (χ0v) is 16.5. The van der Waals surface area contributed by atoms with E-state index in [1.54, 1.807) is 12.1 Å². The summed E-state index contributed by atoms with van der Waals surface area (Å²) in [6.07, 6.45) is 0.115. The lowest BCUT2D eigenvalue weighted by molar-refractivity contribution is -0.251. The van der Waals surface area contributed by atoms with E-state index in [2.05, 4.69) is 0 Å². The maximum atomic E-state index is 13.2. The second kappa shape index (κ2) is 8.81. The third-order valence-electron chi connectivity index (χ3n) is 5.06. The first-order chi connectivity index (χ1) is 14.5. The summed E-state index contributed by atoms with van der Waals surface area (Å²) >= 11 is 0. The summed E-state index contributed by atoms with van der Waals surface area (Å²) in [7, 11) is 0. The number of nitrogens with zero attached hydrogens (tertiary/aromatic N) is 2. The minimum atomic E-state index is -1.05. The molecule has 4 rings (SSSR count). The van der Waals surface area contributed by atoms with Gasteiger partial charge < -0.3 is 14.2 Å². The standard InChI is InChI=1S/C22H23FN2O5/c23-19-9-7-17(8-10-19)13-20(26)24-15-22(29-11-4-12-30-22)16-25(24)21(27)28-14-18-5-2-1-3-6-18/h1-3,5-10H,4,11-16H2. The number of rotatable bonds is 4. The van der Waals surface area contributed by atoms with Crippen molar-refractivity contribution in [2.45, 2.75) is 25.2 Å². The second-order valence-corrected chi connectivity index (χ2v) is 7.31. The quantitative estimate of drug-likeness (QED) is 0.770. The van der Waals surface area contributed by atoms with Gasteiger partial charge in [0, 0.05) is 0 Å². The van der Waals surface area contributed by atoms with E-state index in [1.165, 1.54) is 22.2 Å². The molecule has 0 radical (unpaired) electrons. The van der Waals surface area contributed by atoms with Crippen LogP contribution in [0.1, 0.15) is 17.5 Å². The van der Waals surface area contributed by atoms with Crippen molar-refractivity contribution in [2.75, 3.05) is 26.3 Å². The molecule has 2 aliphatic rings. The Morgan fingerprint density at radius 1 is 0.933 bits per heavy atom. The van der Waals surface area contributed by atoms with Gasteiger partial charge >= 0.3 is 6.09 Å². The molecule has 0 unspecified atom stereocenters. The Kier molecular flexibility index (Phi) is 5.96. The Morgan fingerprint density at radius 3 is 2.30 bits per heavy atom. The summed E-state index contributed by atoms with van der Waals surface area (Å²) in [6, 6.07) is 15.0. The van der Waals surface area contributed by atoms with Gasteiger partial charge in [-0.05, 0) is 29.7 Å². The molecule has 7 nitrogen and oxygen atoms in total. The van der Waals surface area contributed by atoms with Gasteiger partial charge in [0.05, 0.1) is 26.2 Å². The molecule has 30 heavy (non-hydrogen) atoms. The molecule has 2 amide bonds. The molecule has 0 saturated carbocycles. The first kappa shape index (κ1) is 20.3. The van der Waals surface area contributed by atoms with Crippen LogP contribution in [0.15, 0.2) is 54.6 Å². The van der Waals surface area contributed by atoms with Gasteiger partial charge in [0.2, 0.25) is 11.7 Å². The fraction of sp³-hybridized carbons (Fsp3) is 0.364. The Labute approximate surface area is 173 Å². The highest BCUT2D eigenvalue weighted by Gasteiger charge is 2.50. The van der Waals surface area contributed by atoms with Crippen molar-refractivity contribution in [3.8, 4) is 0 Å². The lowest BCUT2D eigenvalue weighted by Gasteiger charge is -2.31. The fourth-order valence-corrected chi connectivity index (χ4v) is 3.52. The number of carbonyl (C=O) groups excluding carboxylic acids is 2. The molecule has 0 aliphatic carbocycles. The zero-order chi connectivity index (χ0) is 21.0. The van der Waals surface area contributed by atoms with Gasteiger partial charge in [-0.25, -0.2) is 19.2 Å². The average molecular weight is 414 g/mol. The number of amides is 2. The molecule has 2 heterocycles. The van der Waals surface area contributed by atoms with Crippen molar-refractivity contribution in [2.24, 2.45) is 0 Å². The summed E-state index contributed by atoms with van der Waals surface area (Å²) < 4.78 is 30.2. The van der Waals surface area contributed by atoms with Crippen LogP contribution in [0, 0.1) is 5.82 Å². The summed E-state index contributed by atoms with van der Waals surface area (Å²) in [5.41, 5.74) is 1.49. The third-order valence-corrected chi connectivity index (χ3v) is 5.06. The number of hydrazine groups is 1. The number of benzene rings is 2. The Bertz CT molecular complexity index is 884. The largest absolute Gasteiger partial charge is 0.443 e. The number of ether oxygens (including phenoxy) is 3. The van der Waals surface area contributed by atoms with Gasteiger partial charge in [-0.15, -0.1) is 0 Å². The Morgan fingerprint density at radius 2 is 1.60 bits per heavy atom. The van der Waals surface area contributed by atoms with Crippen molar-refractivity contribution in [3.05, 3.63) is 71.5 Å². The molecule has 2 aromatic carbocycles. The molecular formula is C22H23FN2O5. The zero-order valence-electron chi connectivity index (χ0n) is 16.5. The van der Waals surface area contributed by atoms with Gasteiger partial charge in [0.25, 0.3) is 0 Å². The summed E-state index contributed by atoms with van der Waals surface area (Å²) in [6.45, 7) is 1.23. The minimum absolute atomic E-state index is 0.0127. The van der Waals surface area contributed by atoms with Gasteiger partial charge in [-0.2, -0.15) is 0 Å². The summed E-state index contributed by atoms with van der Waals surface area (Å²) in [4.78, 5) is 25.8. The molecular weight excluding hydrogens is 391 g/mol. The Hall–Kier alpha value is -2.97. The molecule has 2 aromatic rings. The van der Waals surface area contributed by atoms with Crippen molar-refractivity contribution < 1.29 is 28.2 Å². The number of carbonyl (C=O) groups is 2. The maximum absolute atomic E-state index is 13.2. The molecule has 158 valence electrons. The predicted octanol–water partition coefficient (Wildman–Crippen LogP) is 2.90. The lowest BCUT2D eigenvalue weighted by Crippen LogP contribution is -2.46. The fourth-order valence-electron chi connectivity index (χ4n) is 3.52. The van der Waals surface area contributed by atoms with E-state index in [-0.39, 0.29) is 37.8 Å². The predicted molar refractivity (Wildman–Crippen MR) is 104 cm³/mol. The molecule has 0 N–H and O–H groups in total. The van der Waals surface area contributed by atoms with Crippen LogP contribution in [0.4, 0.5) is 9.18 Å². The number of hydrogen-bond acceptors (Lipinski definition) is 5. The molecule has 8 heteroatoms. The summed E-state index contributed by atoms with van der Waals surface area (Å²) in [5, 5.41) is 2.54. The van der Waals surface area contributed by atoms with Crippen LogP contribution in [0.25, 0.3) is 0 Å². The topological polar surface area (TPSA) is 68.3 Å². The smallest absolute Gasteiger partial charge is 0.429 e. The highest BCUT2D eigenvalue weighted by atomic mass is 19.1. The van der Waals surface area contributed by atoms with E-state index >= 15 is 0 Å². The van der Waals surface area contributed by atoms with Crippen LogP contribution in [0.3, 0.4) is 0 Å². The van der Waals surface area contributed by atoms with Gasteiger partial charge in [-0.1, -0.05) is 42.5 Å². The third kappa shape index (κ3) is 4.60. The second-order valence-electron chi connectivity index (χ2n) is 7.31. The van der Waals surface area contributed by atoms with Crippen LogP contribution in [-0.4, -0.2) is 54.1 Å². The van der Waals surface area contributed by atoms with Crippen molar-refractivity contribution in [1.29, 1.82) is 0 Å². The Balaban J connectivity index is 1.48. The van der Waals surface area contributed by atoms with Crippen LogP contribution in [-0.2, 0) is 32.0 Å². The molecule has 0 aromatic heterocycles. The highest BCUT2D eigenvalue weighted by Crippen LogP contribution is 2.30. The summed E-state index contributed by atoms with van der Waals surface area (Å²) in [5.74, 6) is -1.75. The van der Waals surface area contributed by atoms with Crippen LogP contribution >= 0.6 is 0 Å². The van der Waals surface area contributed by atoms with Crippen LogP contribution in [0.2, 0.25) is 0 Å². The van der Waals surface area contributed by atoms with Gasteiger partial charge in [0.15, 0.2) is 0 Å². The van der Waals surface area contributed by atoms with E-state index in [4.69, 9.17) is 14.2 Å². The molecule has 2 aliphatic heterocycles. The van der Waals surface area contributed by atoms with Crippen molar-refractivity contribution >= 4 is 12.0 Å². The highest BCUT2D eigenvalue weighted by molar-refractivity contribution is 5.82. The molecule has 2 fully saturated rings. The number of halogens is 1. The normalized spacial score (nSPS) is 17.9. The average Bonchev–Trinajstić information content (AvgIpc) is 3.14. The number of hydrogen-bond donors (Lipinski definition) is 0. The van der Waals surface area contributed by atoms with Gasteiger partial charge in [-0.3, -0.25) is 4.79 Å². The van der Waals surface area contributed by atoms with Crippen molar-refractivity contribution in [3.63, 3.8) is 0 Å². The maximum Gasteiger partial charge on any atom is 0.429 e. The molecule has 0 atom stereocenters. The van der Waals surface area contributed by atoms with E-state index in [0.717, 1.165) is 12.0 Å². The van der Waals surface area contributed by atoms with E-state index in [1.807, 2.05) is 30.3 Å². The molecule has 0 bridgehead atoms. The molecule has 1 spiro atoms. The molecule has 2 saturated heterocycles. The first-order valence-electron chi connectivity index (χ1n) is 9.86. The van der Waals surface area contributed by atoms with Crippen LogP contribution in [0.5, 0.6) is 0 Å². The van der Waals surface area contributed by atoms with E-state index < -0.39 is 11.9 Å². The first-order valence-corrected chi connectivity index (χ1v) is 9.86. The van der Waals surface area contributed by atoms with E-state index in [9.17, 15) is 14.0 Å². The SMILES string of the molecule is O=C(Cc1ccc(F)cc1)N1CC2(CN1C(=O)OCc1ccccc1)OCCCO2. The van der Waals surface area contributed by atoms with Gasteiger partial charge in [0.1, 0.15) is 19.0 Å².